The normalized spacial score (nSPS) is 39.1. The van der Waals surface area contributed by atoms with E-state index < -0.39 is 0 Å². The van der Waals surface area contributed by atoms with Gasteiger partial charge in [-0.25, -0.2) is 0 Å². The van der Waals surface area contributed by atoms with Crippen molar-refractivity contribution in [2.24, 2.45) is 63.5 Å². The second-order valence-corrected chi connectivity index (χ2v) is 14.8. The fourth-order valence-corrected chi connectivity index (χ4v) is 10.6. The van der Waals surface area contributed by atoms with Crippen molar-refractivity contribution in [2.75, 3.05) is 26.2 Å². The number of aliphatic hydroxyl groups excluding tert-OH is 1. The Morgan fingerprint density at radius 2 is 1.47 bits per heavy atom. The minimum atomic E-state index is -0.117. The third-order valence-electron chi connectivity index (χ3n) is 12.6. The second-order valence-electron chi connectivity index (χ2n) is 14.8. The zero-order valence-corrected chi connectivity index (χ0v) is 26.9. The predicted molar refractivity (Wildman–Crippen MR) is 168 cm³/mol. The van der Waals surface area contributed by atoms with E-state index in [-0.39, 0.29) is 53.3 Å². The smallest absolute Gasteiger partial charge is 0.221 e. The molecular weight excluding hydrogens is 544 g/mol. The van der Waals surface area contributed by atoms with Gasteiger partial charge in [-0.05, 0) is 104 Å². The van der Waals surface area contributed by atoms with Crippen LogP contribution in [0.3, 0.4) is 0 Å². The summed E-state index contributed by atoms with van der Waals surface area (Å²) in [7, 11) is 0. The van der Waals surface area contributed by atoms with Gasteiger partial charge in [0.25, 0.3) is 0 Å². The Balaban J connectivity index is 1.71. The summed E-state index contributed by atoms with van der Waals surface area (Å²) >= 11 is 0. The Morgan fingerprint density at radius 3 is 2.09 bits per heavy atom. The topological polar surface area (TPSA) is 186 Å². The number of fused-ring (bicyclic) bond motifs is 5. The number of nitrogens with two attached hydrogens (primary N) is 3. The molecule has 246 valence electrons. The fraction of sp³-hybridized carbons (Fsp3) is 0.909. The third kappa shape index (κ3) is 6.92. The molecule has 0 aromatic rings. The van der Waals surface area contributed by atoms with Crippen LogP contribution >= 0.6 is 0 Å². The molecule has 4 rings (SSSR count). The molecule has 0 saturated heterocycles. The van der Waals surface area contributed by atoms with Crippen LogP contribution in [-0.2, 0) is 14.4 Å². The van der Waals surface area contributed by atoms with E-state index in [2.05, 4.69) is 36.7 Å². The minimum Gasteiger partial charge on any atom is -0.396 e. The predicted octanol–water partition coefficient (Wildman–Crippen LogP) is 1.77. The summed E-state index contributed by atoms with van der Waals surface area (Å²) < 4.78 is 0. The van der Waals surface area contributed by atoms with E-state index in [9.17, 15) is 19.5 Å². The Bertz CT molecular complexity index is 981. The monoisotopic (exact) mass is 604 g/mol. The molecule has 0 bridgehead atoms. The summed E-state index contributed by atoms with van der Waals surface area (Å²) in [5, 5.41) is 19.8. The number of nitrogens with one attached hydrogen (secondary N) is 3. The SMILES string of the molecule is C[C@H](CCCO)[C@H]1CC[C@H]2[C@@H]3[C@H](NC(=O)CCN)C[C@@H]4C[C@H](NC(=O)CCN)CC[C@]4(C)[C@H]3C[C@H](NC(=O)CCN)[C@]12C. The Kier molecular flexibility index (Phi) is 11.6. The van der Waals surface area contributed by atoms with E-state index in [0.717, 1.165) is 57.8 Å². The largest absolute Gasteiger partial charge is 0.396 e. The summed E-state index contributed by atoms with van der Waals surface area (Å²) in [5.41, 5.74) is 17.2. The molecule has 43 heavy (non-hydrogen) atoms. The maximum atomic E-state index is 13.2. The Morgan fingerprint density at radius 1 is 0.837 bits per heavy atom. The summed E-state index contributed by atoms with van der Waals surface area (Å²) in [6.45, 7) is 8.36. The molecule has 0 aromatic carbocycles. The maximum Gasteiger partial charge on any atom is 0.221 e. The van der Waals surface area contributed by atoms with Crippen LogP contribution in [0.5, 0.6) is 0 Å². The van der Waals surface area contributed by atoms with Crippen molar-refractivity contribution < 1.29 is 19.5 Å². The van der Waals surface area contributed by atoms with Crippen LogP contribution < -0.4 is 33.2 Å². The van der Waals surface area contributed by atoms with Gasteiger partial charge in [-0.1, -0.05) is 20.8 Å². The van der Waals surface area contributed by atoms with Gasteiger partial charge in [0.15, 0.2) is 0 Å². The summed E-state index contributed by atoms with van der Waals surface area (Å²) in [5.74, 6) is 2.27. The number of hydrogen-bond acceptors (Lipinski definition) is 7. The summed E-state index contributed by atoms with van der Waals surface area (Å²) in [4.78, 5) is 38.7. The first-order valence-electron chi connectivity index (χ1n) is 17.1. The lowest BCUT2D eigenvalue weighted by atomic mass is 9.42. The van der Waals surface area contributed by atoms with Crippen molar-refractivity contribution in [2.45, 2.75) is 116 Å². The van der Waals surface area contributed by atoms with Crippen molar-refractivity contribution >= 4 is 17.7 Å². The highest BCUT2D eigenvalue weighted by molar-refractivity contribution is 5.77. The van der Waals surface area contributed by atoms with Crippen LogP contribution in [0.2, 0.25) is 0 Å². The minimum absolute atomic E-state index is 0.0148. The van der Waals surface area contributed by atoms with Gasteiger partial charge < -0.3 is 38.3 Å². The van der Waals surface area contributed by atoms with Crippen molar-refractivity contribution in [1.29, 1.82) is 0 Å². The standard InChI is InChI=1S/C33H60N6O4/c1-20(5-4-16-40)23-6-7-24-31-25(19-27(33(23,24)3)39-30(43)11-15-36)32(2)12-8-22(37-28(41)9-13-34)17-21(32)18-26(31)38-29(42)10-14-35/h20-27,31,40H,4-19,34-36H2,1-3H3,(H,37,41)(H,38,42)(H,39,43)/t20-,21+,22-,23-,24+,25+,26-,27+,31+,32+,33-/m1/s1. The van der Waals surface area contributed by atoms with E-state index in [1.165, 1.54) is 0 Å². The highest BCUT2D eigenvalue weighted by atomic mass is 16.3. The van der Waals surface area contributed by atoms with Crippen molar-refractivity contribution in [3.8, 4) is 0 Å². The first-order valence-corrected chi connectivity index (χ1v) is 17.1. The van der Waals surface area contributed by atoms with Gasteiger partial charge in [0.1, 0.15) is 0 Å². The van der Waals surface area contributed by atoms with Gasteiger partial charge in [-0.3, -0.25) is 14.4 Å². The molecular formula is C33H60N6O4. The third-order valence-corrected chi connectivity index (χ3v) is 12.6. The molecule has 0 aromatic heterocycles. The van der Waals surface area contributed by atoms with E-state index in [4.69, 9.17) is 17.2 Å². The second kappa shape index (κ2) is 14.6. The Hall–Kier alpha value is -1.75. The first kappa shape index (κ1) is 34.1. The van der Waals surface area contributed by atoms with Crippen LogP contribution in [0.25, 0.3) is 0 Å². The van der Waals surface area contributed by atoms with E-state index in [1.807, 2.05) is 0 Å². The fourth-order valence-electron chi connectivity index (χ4n) is 10.6. The van der Waals surface area contributed by atoms with Gasteiger partial charge in [-0.15, -0.1) is 0 Å². The van der Waals surface area contributed by atoms with Crippen LogP contribution in [-0.4, -0.2) is 67.2 Å². The molecule has 4 saturated carbocycles. The molecule has 10 nitrogen and oxygen atoms in total. The van der Waals surface area contributed by atoms with Gasteiger partial charge in [0.05, 0.1) is 0 Å². The number of carbonyl (C=O) groups excluding carboxylic acids is 3. The van der Waals surface area contributed by atoms with Gasteiger partial charge >= 0.3 is 0 Å². The number of hydrogen-bond donors (Lipinski definition) is 7. The molecule has 3 amide bonds. The van der Waals surface area contributed by atoms with Crippen molar-refractivity contribution in [1.82, 2.24) is 16.0 Å². The molecule has 0 heterocycles. The van der Waals surface area contributed by atoms with Gasteiger partial charge in [0.2, 0.25) is 17.7 Å². The van der Waals surface area contributed by atoms with Gasteiger partial charge in [0, 0.05) is 63.6 Å². The van der Waals surface area contributed by atoms with Gasteiger partial charge in [-0.2, -0.15) is 0 Å². The molecule has 0 unspecified atom stereocenters. The average Bonchev–Trinajstić information content (AvgIpc) is 3.31. The highest BCUT2D eigenvalue weighted by Gasteiger charge is 2.66. The molecule has 0 spiro atoms. The summed E-state index contributed by atoms with van der Waals surface area (Å²) in [6, 6.07) is 0.183. The number of aliphatic hydroxyl groups is 1. The molecule has 11 atom stereocenters. The quantitative estimate of drug-likeness (QED) is 0.167. The molecule has 4 fully saturated rings. The maximum absolute atomic E-state index is 13.2. The molecule has 10 heteroatoms. The molecule has 0 aliphatic heterocycles. The van der Waals surface area contributed by atoms with Crippen molar-refractivity contribution in [3.05, 3.63) is 0 Å². The van der Waals surface area contributed by atoms with Crippen LogP contribution in [0.4, 0.5) is 0 Å². The number of carbonyl (C=O) groups is 3. The Labute approximate surface area is 258 Å². The molecule has 4 aliphatic carbocycles. The number of amides is 3. The molecule has 4 aliphatic rings. The lowest BCUT2D eigenvalue weighted by molar-refractivity contribution is -0.153. The van der Waals surface area contributed by atoms with Crippen LogP contribution in [0, 0.1) is 46.3 Å². The first-order chi connectivity index (χ1) is 20.5. The zero-order chi connectivity index (χ0) is 31.4. The molecule has 10 N–H and O–H groups in total. The lowest BCUT2D eigenvalue weighted by Crippen LogP contribution is -2.67. The van der Waals surface area contributed by atoms with E-state index >= 15 is 0 Å². The van der Waals surface area contributed by atoms with Crippen molar-refractivity contribution in [3.63, 3.8) is 0 Å². The summed E-state index contributed by atoms with van der Waals surface area (Å²) in [6.07, 6.45) is 9.53. The van der Waals surface area contributed by atoms with E-state index in [0.29, 0.717) is 74.4 Å². The molecule has 0 radical (unpaired) electrons. The van der Waals surface area contributed by atoms with E-state index in [1.54, 1.807) is 0 Å². The van der Waals surface area contributed by atoms with Crippen LogP contribution in [0.15, 0.2) is 0 Å². The van der Waals surface area contributed by atoms with Crippen LogP contribution in [0.1, 0.15) is 97.8 Å². The zero-order valence-electron chi connectivity index (χ0n) is 26.9. The highest BCUT2D eigenvalue weighted by Crippen LogP contribution is 2.68. The average molecular weight is 605 g/mol. The number of rotatable bonds is 13. The lowest BCUT2D eigenvalue weighted by Gasteiger charge is -2.65.